The Morgan fingerprint density at radius 1 is 1.25 bits per heavy atom. The zero-order chi connectivity index (χ0) is 14.4. The molecule has 4 heteroatoms. The minimum absolute atomic E-state index is 0.108. The van der Waals surface area contributed by atoms with Gasteiger partial charge >= 0.3 is 0 Å². The lowest BCUT2D eigenvalue weighted by Gasteiger charge is -2.53. The molecule has 0 bridgehead atoms. The fourth-order valence-electron chi connectivity index (χ4n) is 3.83. The molecule has 3 rings (SSSR count). The van der Waals surface area contributed by atoms with Crippen LogP contribution in [-0.4, -0.2) is 18.0 Å². The Balaban J connectivity index is 2.08. The third kappa shape index (κ3) is 1.81. The molecule has 0 saturated heterocycles. The number of benzene rings is 1. The summed E-state index contributed by atoms with van der Waals surface area (Å²) in [5, 5.41) is 0. The number of halogens is 1. The highest BCUT2D eigenvalue weighted by molar-refractivity contribution is 5.98. The van der Waals surface area contributed by atoms with Crippen molar-refractivity contribution in [2.24, 2.45) is 16.1 Å². The maximum absolute atomic E-state index is 13.6. The van der Waals surface area contributed by atoms with Gasteiger partial charge in [0.15, 0.2) is 5.96 Å². The highest BCUT2D eigenvalue weighted by Gasteiger charge is 2.54. The molecule has 1 spiro atoms. The van der Waals surface area contributed by atoms with Gasteiger partial charge in [-0.1, -0.05) is 32.8 Å². The molecular formula is C16H22FN3. The Morgan fingerprint density at radius 3 is 2.70 bits per heavy atom. The van der Waals surface area contributed by atoms with Gasteiger partial charge in [0, 0.05) is 5.69 Å². The van der Waals surface area contributed by atoms with Gasteiger partial charge in [0.05, 0.1) is 12.1 Å². The van der Waals surface area contributed by atoms with E-state index in [0.717, 1.165) is 18.5 Å². The van der Waals surface area contributed by atoms with Crippen LogP contribution in [0.1, 0.15) is 39.5 Å². The molecule has 0 radical (unpaired) electrons. The lowest BCUT2D eigenvalue weighted by Crippen LogP contribution is -2.61. The molecule has 2 N–H and O–H groups in total. The number of rotatable bonds is 1. The number of aliphatic imine (C=N–C) groups is 1. The largest absolute Gasteiger partial charge is 0.369 e. The molecule has 108 valence electrons. The maximum Gasteiger partial charge on any atom is 0.196 e. The first kappa shape index (κ1) is 13.4. The van der Waals surface area contributed by atoms with Crippen molar-refractivity contribution >= 4 is 11.6 Å². The van der Waals surface area contributed by atoms with E-state index in [4.69, 9.17) is 5.73 Å². The summed E-state index contributed by atoms with van der Waals surface area (Å²) in [4.78, 5) is 6.57. The van der Waals surface area contributed by atoms with E-state index < -0.39 is 0 Å². The molecule has 1 aromatic carbocycles. The fraction of sp³-hybridized carbons (Fsp3) is 0.562. The van der Waals surface area contributed by atoms with E-state index in [2.05, 4.69) is 23.7 Å². The molecule has 1 atom stereocenters. The van der Waals surface area contributed by atoms with Gasteiger partial charge in [0.25, 0.3) is 0 Å². The molecule has 1 heterocycles. The maximum atomic E-state index is 13.6. The number of hydrogen-bond donors (Lipinski definition) is 1. The van der Waals surface area contributed by atoms with Gasteiger partial charge in [-0.25, -0.2) is 4.39 Å². The Morgan fingerprint density at radius 2 is 2.00 bits per heavy atom. The number of nitrogens with zero attached hydrogens (tertiary/aromatic N) is 2. The summed E-state index contributed by atoms with van der Waals surface area (Å²) in [6.07, 6.45) is 4.63. The van der Waals surface area contributed by atoms with Crippen LogP contribution in [0, 0.1) is 11.2 Å². The summed E-state index contributed by atoms with van der Waals surface area (Å²) in [5.74, 6) is 0.288. The van der Waals surface area contributed by atoms with E-state index in [0.29, 0.717) is 12.5 Å². The molecule has 0 amide bonds. The predicted molar refractivity (Wildman–Crippen MR) is 80.3 cm³/mol. The van der Waals surface area contributed by atoms with Crippen molar-refractivity contribution in [1.82, 2.24) is 0 Å². The molecule has 1 aromatic rings. The average molecular weight is 275 g/mol. The van der Waals surface area contributed by atoms with Gasteiger partial charge in [-0.05, 0) is 36.5 Å². The van der Waals surface area contributed by atoms with Crippen molar-refractivity contribution < 1.29 is 4.39 Å². The van der Waals surface area contributed by atoms with Crippen LogP contribution in [0.15, 0.2) is 29.3 Å². The van der Waals surface area contributed by atoms with Gasteiger partial charge in [-0.2, -0.15) is 0 Å². The zero-order valence-electron chi connectivity index (χ0n) is 12.2. The highest BCUT2D eigenvalue weighted by atomic mass is 19.1. The summed E-state index contributed by atoms with van der Waals surface area (Å²) in [6.45, 7) is 5.28. The molecule has 1 aliphatic carbocycles. The lowest BCUT2D eigenvalue weighted by atomic mass is 9.62. The van der Waals surface area contributed by atoms with Gasteiger partial charge < -0.3 is 10.6 Å². The molecule has 1 unspecified atom stereocenters. The van der Waals surface area contributed by atoms with Crippen molar-refractivity contribution in [2.75, 3.05) is 11.4 Å². The van der Waals surface area contributed by atoms with E-state index >= 15 is 0 Å². The van der Waals surface area contributed by atoms with Crippen LogP contribution in [0.4, 0.5) is 10.1 Å². The monoisotopic (exact) mass is 275 g/mol. The first-order valence-corrected chi connectivity index (χ1v) is 7.32. The van der Waals surface area contributed by atoms with Crippen LogP contribution in [0.25, 0.3) is 0 Å². The second-order valence-electron chi connectivity index (χ2n) is 6.61. The lowest BCUT2D eigenvalue weighted by molar-refractivity contribution is 0.115. The Hall–Kier alpha value is -1.58. The van der Waals surface area contributed by atoms with Crippen molar-refractivity contribution in [2.45, 2.75) is 45.1 Å². The normalized spacial score (nSPS) is 28.8. The molecular weight excluding hydrogens is 253 g/mol. The van der Waals surface area contributed by atoms with Crippen LogP contribution in [-0.2, 0) is 0 Å². The average Bonchev–Trinajstić information content (AvgIpc) is 2.72. The summed E-state index contributed by atoms with van der Waals surface area (Å²) in [6, 6.07) is 6.68. The molecule has 0 aromatic heterocycles. The fourth-order valence-corrected chi connectivity index (χ4v) is 3.83. The number of guanidine groups is 1. The van der Waals surface area contributed by atoms with Crippen molar-refractivity contribution in [3.8, 4) is 0 Å². The standard InChI is InChI=1S/C16H22FN3/c1-15(2)8-3-4-9-16(15)11-19-14(18)20(16)13-7-5-6-12(17)10-13/h5-7,10H,3-4,8-9,11H2,1-2H3,(H2,18,19). The molecule has 20 heavy (non-hydrogen) atoms. The Kier molecular flexibility index (Phi) is 3.00. The van der Waals surface area contributed by atoms with Crippen LogP contribution in [0.3, 0.4) is 0 Å². The number of anilines is 1. The zero-order valence-corrected chi connectivity index (χ0v) is 12.2. The SMILES string of the molecule is CC1(C)CCCCC12CN=C(N)N2c1cccc(F)c1. The van der Waals surface area contributed by atoms with Crippen LogP contribution < -0.4 is 10.6 Å². The first-order chi connectivity index (χ1) is 9.46. The highest BCUT2D eigenvalue weighted by Crippen LogP contribution is 2.50. The molecule has 3 nitrogen and oxygen atoms in total. The third-order valence-electron chi connectivity index (χ3n) is 5.13. The quantitative estimate of drug-likeness (QED) is 0.854. The third-order valence-corrected chi connectivity index (χ3v) is 5.13. The summed E-state index contributed by atoms with van der Waals surface area (Å²) < 4.78 is 13.6. The molecule has 1 aliphatic heterocycles. The second-order valence-corrected chi connectivity index (χ2v) is 6.61. The summed E-state index contributed by atoms with van der Waals surface area (Å²) >= 11 is 0. The molecule has 1 fully saturated rings. The van der Waals surface area contributed by atoms with Crippen molar-refractivity contribution in [3.63, 3.8) is 0 Å². The second kappa shape index (κ2) is 4.47. The first-order valence-electron chi connectivity index (χ1n) is 7.32. The van der Waals surface area contributed by atoms with E-state index in [9.17, 15) is 4.39 Å². The van der Waals surface area contributed by atoms with Crippen LogP contribution in [0.2, 0.25) is 0 Å². The smallest absolute Gasteiger partial charge is 0.196 e. The van der Waals surface area contributed by atoms with Gasteiger partial charge in [0.1, 0.15) is 5.82 Å². The van der Waals surface area contributed by atoms with E-state index in [1.165, 1.54) is 18.9 Å². The van der Waals surface area contributed by atoms with E-state index in [1.54, 1.807) is 12.1 Å². The van der Waals surface area contributed by atoms with Crippen molar-refractivity contribution in [1.29, 1.82) is 0 Å². The Labute approximate surface area is 119 Å². The minimum Gasteiger partial charge on any atom is -0.369 e. The summed E-state index contributed by atoms with van der Waals surface area (Å²) in [7, 11) is 0. The topological polar surface area (TPSA) is 41.6 Å². The number of nitrogens with two attached hydrogens (primary N) is 1. The molecule has 2 aliphatic rings. The predicted octanol–water partition coefficient (Wildman–Crippen LogP) is 3.30. The van der Waals surface area contributed by atoms with Gasteiger partial charge in [0.2, 0.25) is 0 Å². The van der Waals surface area contributed by atoms with Crippen molar-refractivity contribution in [3.05, 3.63) is 30.1 Å². The van der Waals surface area contributed by atoms with Gasteiger partial charge in [-0.15, -0.1) is 0 Å². The van der Waals surface area contributed by atoms with E-state index in [1.807, 2.05) is 6.07 Å². The van der Waals surface area contributed by atoms with Crippen LogP contribution in [0.5, 0.6) is 0 Å². The summed E-state index contributed by atoms with van der Waals surface area (Å²) in [5.41, 5.74) is 6.96. The van der Waals surface area contributed by atoms with E-state index in [-0.39, 0.29) is 16.8 Å². The number of hydrogen-bond acceptors (Lipinski definition) is 3. The van der Waals surface area contributed by atoms with Crippen LogP contribution >= 0.6 is 0 Å². The van der Waals surface area contributed by atoms with Gasteiger partial charge in [-0.3, -0.25) is 4.99 Å². The minimum atomic E-state index is -0.231. The Bertz CT molecular complexity index is 552. The molecule has 1 saturated carbocycles.